The maximum atomic E-state index is 15.2. The maximum absolute atomic E-state index is 15.2. The Morgan fingerprint density at radius 3 is 2.38 bits per heavy atom. The summed E-state index contributed by atoms with van der Waals surface area (Å²) in [5.74, 6) is 0.101. The maximum Gasteiger partial charge on any atom is 0.140 e. The van der Waals surface area contributed by atoms with E-state index in [2.05, 4.69) is 6.92 Å². The van der Waals surface area contributed by atoms with Gasteiger partial charge in [-0.3, -0.25) is 0 Å². The largest absolute Gasteiger partial charge is 0.497 e. The van der Waals surface area contributed by atoms with E-state index in [1.165, 1.54) is 32.1 Å². The Hall–Kier alpha value is -1.71. The van der Waals surface area contributed by atoms with Gasteiger partial charge < -0.3 is 4.74 Å². The van der Waals surface area contributed by atoms with Crippen molar-refractivity contribution in [2.24, 2.45) is 17.8 Å². The average Bonchev–Trinajstić information content (AvgIpc) is 2.60. The number of fused-ring (bicyclic) bond motifs is 2. The fraction of sp³-hybridized carbons (Fsp3) is 0.545. The van der Waals surface area contributed by atoms with Crippen molar-refractivity contribution in [1.82, 2.24) is 0 Å². The number of ether oxygens (including phenoxy) is 1. The predicted octanol–water partition coefficient (Wildman–Crippen LogP) is 6.59. The Bertz CT molecular complexity index is 832. The van der Waals surface area contributed by atoms with Crippen molar-refractivity contribution >= 4 is 10.8 Å². The quantitative estimate of drug-likeness (QED) is 0.586. The summed E-state index contributed by atoms with van der Waals surface area (Å²) in [7, 11) is 1.41. The van der Waals surface area contributed by atoms with E-state index in [0.717, 1.165) is 37.7 Å². The van der Waals surface area contributed by atoms with Gasteiger partial charge in [-0.15, -0.1) is 0 Å². The molecule has 4 heteroatoms. The van der Waals surface area contributed by atoms with Crippen molar-refractivity contribution in [3.63, 3.8) is 0 Å². The van der Waals surface area contributed by atoms with E-state index < -0.39 is 17.5 Å². The highest BCUT2D eigenvalue weighted by molar-refractivity contribution is 5.86. The lowest BCUT2D eigenvalue weighted by Gasteiger charge is -2.41. The number of halogens is 3. The second-order valence-electron chi connectivity index (χ2n) is 8.24. The first kappa shape index (κ1) is 17.7. The Kier molecular flexibility index (Phi) is 4.62. The van der Waals surface area contributed by atoms with Gasteiger partial charge in [0.05, 0.1) is 12.5 Å². The highest BCUT2D eigenvalue weighted by atomic mass is 19.1. The molecule has 2 saturated carbocycles. The molecule has 4 rings (SSSR count). The van der Waals surface area contributed by atoms with Crippen LogP contribution in [0.5, 0.6) is 5.75 Å². The van der Waals surface area contributed by atoms with Gasteiger partial charge >= 0.3 is 0 Å². The average molecular weight is 362 g/mol. The lowest BCUT2D eigenvalue weighted by Crippen LogP contribution is -2.30. The summed E-state index contributed by atoms with van der Waals surface area (Å²) < 4.78 is 49.4. The molecule has 0 bridgehead atoms. The third kappa shape index (κ3) is 2.97. The minimum atomic E-state index is -0.729. The molecular weight excluding hydrogens is 337 g/mol. The number of methoxy groups -OCH3 is 1. The minimum absolute atomic E-state index is 0.0821. The van der Waals surface area contributed by atoms with Crippen LogP contribution in [0.2, 0.25) is 0 Å². The molecule has 2 aliphatic rings. The molecule has 26 heavy (non-hydrogen) atoms. The highest BCUT2D eigenvalue weighted by Gasteiger charge is 2.37. The van der Waals surface area contributed by atoms with Gasteiger partial charge in [0, 0.05) is 11.6 Å². The van der Waals surface area contributed by atoms with Crippen LogP contribution in [0, 0.1) is 35.2 Å². The molecule has 0 amide bonds. The Balaban J connectivity index is 1.72. The number of benzene rings is 2. The molecule has 4 unspecified atom stereocenters. The zero-order chi connectivity index (χ0) is 18.4. The van der Waals surface area contributed by atoms with Crippen molar-refractivity contribution in [3.05, 3.63) is 41.2 Å². The molecule has 2 fully saturated rings. The van der Waals surface area contributed by atoms with Crippen LogP contribution in [0.15, 0.2) is 18.2 Å². The van der Waals surface area contributed by atoms with Crippen LogP contribution in [0.3, 0.4) is 0 Å². The van der Waals surface area contributed by atoms with E-state index in [-0.39, 0.29) is 28.0 Å². The fourth-order valence-electron chi connectivity index (χ4n) is 5.28. The van der Waals surface area contributed by atoms with Gasteiger partial charge in [-0.2, -0.15) is 0 Å². The van der Waals surface area contributed by atoms with Crippen molar-refractivity contribution in [2.45, 2.75) is 51.4 Å². The third-order valence-corrected chi connectivity index (χ3v) is 6.61. The highest BCUT2D eigenvalue weighted by Crippen LogP contribution is 2.49. The predicted molar refractivity (Wildman–Crippen MR) is 97.0 cm³/mol. The second kappa shape index (κ2) is 6.79. The molecule has 4 atom stereocenters. The molecule has 140 valence electrons. The molecule has 0 spiro atoms. The smallest absolute Gasteiger partial charge is 0.140 e. The van der Waals surface area contributed by atoms with Gasteiger partial charge in [0.1, 0.15) is 23.2 Å². The SMILES string of the molecule is COc1cc(F)c2c(F)c(C3CCC4CC(C)CCC4C3)c(F)cc2c1. The van der Waals surface area contributed by atoms with E-state index in [9.17, 15) is 8.78 Å². The summed E-state index contributed by atoms with van der Waals surface area (Å²) in [6, 6.07) is 3.90. The molecule has 0 N–H and O–H groups in total. The molecule has 2 aromatic carbocycles. The van der Waals surface area contributed by atoms with E-state index in [4.69, 9.17) is 4.74 Å². The number of hydrogen-bond acceptors (Lipinski definition) is 1. The van der Waals surface area contributed by atoms with Crippen LogP contribution in [0.1, 0.15) is 56.9 Å². The molecule has 1 nitrogen and oxygen atoms in total. The van der Waals surface area contributed by atoms with Crippen molar-refractivity contribution in [2.75, 3.05) is 7.11 Å². The van der Waals surface area contributed by atoms with E-state index in [1.807, 2.05) is 0 Å². The fourth-order valence-corrected chi connectivity index (χ4v) is 5.28. The molecule has 0 saturated heterocycles. The van der Waals surface area contributed by atoms with Gasteiger partial charge in [0.15, 0.2) is 0 Å². The molecule has 0 radical (unpaired) electrons. The van der Waals surface area contributed by atoms with Crippen molar-refractivity contribution in [1.29, 1.82) is 0 Å². The molecule has 2 aliphatic carbocycles. The van der Waals surface area contributed by atoms with Crippen LogP contribution in [0.25, 0.3) is 10.8 Å². The second-order valence-corrected chi connectivity index (χ2v) is 8.24. The monoisotopic (exact) mass is 362 g/mol. The van der Waals surface area contributed by atoms with Crippen LogP contribution in [0.4, 0.5) is 13.2 Å². The zero-order valence-electron chi connectivity index (χ0n) is 15.3. The van der Waals surface area contributed by atoms with Gasteiger partial charge in [0.2, 0.25) is 0 Å². The standard InChI is InChI=1S/C22H25F3O/c1-12-3-4-14-8-15(6-5-13(14)7-12)20-18(23)10-16-9-17(26-2)11-19(24)21(16)22(20)25/h9-15H,3-8H2,1-2H3. The summed E-state index contributed by atoms with van der Waals surface area (Å²) >= 11 is 0. The lowest BCUT2D eigenvalue weighted by molar-refractivity contribution is 0.123. The van der Waals surface area contributed by atoms with Gasteiger partial charge in [-0.25, -0.2) is 13.2 Å². The molecule has 0 heterocycles. The van der Waals surface area contributed by atoms with Crippen LogP contribution in [-0.2, 0) is 0 Å². The third-order valence-electron chi connectivity index (χ3n) is 6.61. The number of hydrogen-bond donors (Lipinski definition) is 0. The van der Waals surface area contributed by atoms with E-state index in [1.54, 1.807) is 0 Å². The summed E-state index contributed by atoms with van der Waals surface area (Å²) in [4.78, 5) is 0. The van der Waals surface area contributed by atoms with Crippen LogP contribution >= 0.6 is 0 Å². The first-order chi connectivity index (χ1) is 12.5. The summed E-state index contributed by atoms with van der Waals surface area (Å²) in [5, 5.41) is 0.0855. The Morgan fingerprint density at radius 2 is 1.62 bits per heavy atom. The topological polar surface area (TPSA) is 9.23 Å². The first-order valence-electron chi connectivity index (χ1n) is 9.63. The normalized spacial score (nSPS) is 28.8. The molecule has 0 aromatic heterocycles. The molecule has 2 aromatic rings. The lowest BCUT2D eigenvalue weighted by atomic mass is 9.64. The Labute approximate surface area is 152 Å². The Morgan fingerprint density at radius 1 is 0.885 bits per heavy atom. The minimum Gasteiger partial charge on any atom is -0.497 e. The zero-order valence-corrected chi connectivity index (χ0v) is 15.3. The van der Waals surface area contributed by atoms with Gasteiger partial charge in [-0.1, -0.05) is 13.3 Å². The van der Waals surface area contributed by atoms with Gasteiger partial charge in [-0.05, 0) is 73.3 Å². The van der Waals surface area contributed by atoms with E-state index >= 15 is 4.39 Å². The van der Waals surface area contributed by atoms with Crippen molar-refractivity contribution < 1.29 is 17.9 Å². The summed E-state index contributed by atoms with van der Waals surface area (Å²) in [6.45, 7) is 2.29. The van der Waals surface area contributed by atoms with Crippen LogP contribution in [-0.4, -0.2) is 7.11 Å². The van der Waals surface area contributed by atoms with E-state index in [0.29, 0.717) is 11.8 Å². The summed E-state index contributed by atoms with van der Waals surface area (Å²) in [6.07, 6.45) is 6.19. The van der Waals surface area contributed by atoms with Gasteiger partial charge in [0.25, 0.3) is 0 Å². The molecular formula is C22H25F3O. The first-order valence-corrected chi connectivity index (χ1v) is 9.63. The van der Waals surface area contributed by atoms with Crippen molar-refractivity contribution in [3.8, 4) is 5.75 Å². The molecule has 0 aliphatic heterocycles. The summed E-state index contributed by atoms with van der Waals surface area (Å²) in [5.41, 5.74) is 0.0821. The van der Waals surface area contributed by atoms with Crippen LogP contribution < -0.4 is 4.74 Å². The number of rotatable bonds is 2.